The summed E-state index contributed by atoms with van der Waals surface area (Å²) in [5.74, 6) is 0.186. The van der Waals surface area contributed by atoms with E-state index in [1.54, 1.807) is 0 Å². The molecule has 0 heterocycles. The number of hydrogen-bond acceptors (Lipinski definition) is 4. The van der Waals surface area contributed by atoms with Gasteiger partial charge in [0.05, 0.1) is 7.11 Å². The molecule has 0 bridgehead atoms. The van der Waals surface area contributed by atoms with Crippen molar-refractivity contribution in [3.05, 3.63) is 65.2 Å². The fourth-order valence-corrected chi connectivity index (χ4v) is 3.21. The second-order valence-electron chi connectivity index (χ2n) is 6.46. The highest BCUT2D eigenvalue weighted by atomic mass is 16.5. The van der Waals surface area contributed by atoms with Gasteiger partial charge in [-0.2, -0.15) is 0 Å². The van der Waals surface area contributed by atoms with Crippen molar-refractivity contribution in [3.63, 3.8) is 0 Å². The van der Waals surface area contributed by atoms with Crippen LogP contribution >= 0.6 is 0 Å². The van der Waals surface area contributed by atoms with Crippen molar-refractivity contribution in [2.24, 2.45) is 0 Å². The van der Waals surface area contributed by atoms with Gasteiger partial charge in [0.1, 0.15) is 17.9 Å². The molecule has 1 saturated carbocycles. The number of carbonyl (C=O) groups excluding carboxylic acids is 1. The first kappa shape index (κ1) is 17.5. The summed E-state index contributed by atoms with van der Waals surface area (Å²) < 4.78 is 10.8. The highest BCUT2D eigenvalue weighted by molar-refractivity contribution is 5.92. The molecule has 4 nitrogen and oxygen atoms in total. The number of carbonyl (C=O) groups is 1. The lowest BCUT2D eigenvalue weighted by Gasteiger charge is -2.14. The van der Waals surface area contributed by atoms with Gasteiger partial charge >= 0.3 is 5.97 Å². The average molecular weight is 339 g/mol. The van der Waals surface area contributed by atoms with Crippen molar-refractivity contribution in [2.45, 2.75) is 44.9 Å². The lowest BCUT2D eigenvalue weighted by Crippen LogP contribution is -2.25. The summed E-state index contributed by atoms with van der Waals surface area (Å²) in [5.41, 5.74) is 2.61. The van der Waals surface area contributed by atoms with E-state index in [-0.39, 0.29) is 5.97 Å². The Morgan fingerprint density at radius 1 is 1.08 bits per heavy atom. The van der Waals surface area contributed by atoms with Crippen LogP contribution in [0.15, 0.2) is 48.5 Å². The molecule has 3 rings (SSSR count). The van der Waals surface area contributed by atoms with Crippen LogP contribution in [-0.2, 0) is 17.9 Å². The minimum absolute atomic E-state index is 0.370. The number of esters is 1. The standard InChI is InChI=1S/C21H25NO3/c1-24-21(23)19-13-17(14-22-18-9-5-6-10-18)11-12-20(19)25-15-16-7-3-2-4-8-16/h2-4,7-8,11-13,18,22H,5-6,9-10,14-15H2,1H3. The minimum atomic E-state index is -0.370. The third kappa shape index (κ3) is 4.83. The Morgan fingerprint density at radius 2 is 1.84 bits per heavy atom. The van der Waals surface area contributed by atoms with Gasteiger partial charge in [-0.25, -0.2) is 4.79 Å². The van der Waals surface area contributed by atoms with Crippen LogP contribution in [0.4, 0.5) is 0 Å². The van der Waals surface area contributed by atoms with E-state index in [0.29, 0.717) is 24.0 Å². The van der Waals surface area contributed by atoms with Crippen molar-refractivity contribution in [3.8, 4) is 5.75 Å². The summed E-state index contributed by atoms with van der Waals surface area (Å²) in [6.45, 7) is 1.18. The Kier molecular flexibility index (Phi) is 6.07. The zero-order chi connectivity index (χ0) is 17.5. The van der Waals surface area contributed by atoms with Crippen LogP contribution in [0.1, 0.15) is 47.2 Å². The van der Waals surface area contributed by atoms with E-state index in [1.165, 1.54) is 32.8 Å². The van der Waals surface area contributed by atoms with Crippen LogP contribution in [0.3, 0.4) is 0 Å². The van der Waals surface area contributed by atoms with E-state index < -0.39 is 0 Å². The molecule has 2 aromatic rings. The molecular weight excluding hydrogens is 314 g/mol. The maximum atomic E-state index is 12.1. The molecule has 0 saturated heterocycles. The van der Waals surface area contributed by atoms with Crippen molar-refractivity contribution in [1.82, 2.24) is 5.32 Å². The van der Waals surface area contributed by atoms with E-state index >= 15 is 0 Å². The predicted molar refractivity (Wildman–Crippen MR) is 97.7 cm³/mol. The maximum Gasteiger partial charge on any atom is 0.341 e. The largest absolute Gasteiger partial charge is 0.488 e. The molecule has 0 spiro atoms. The molecule has 25 heavy (non-hydrogen) atoms. The summed E-state index contributed by atoms with van der Waals surface area (Å²) in [6.07, 6.45) is 5.08. The fourth-order valence-electron chi connectivity index (χ4n) is 3.21. The summed E-state index contributed by atoms with van der Waals surface area (Å²) in [6, 6.07) is 16.2. The lowest BCUT2D eigenvalue weighted by atomic mass is 10.1. The van der Waals surface area contributed by atoms with Crippen molar-refractivity contribution >= 4 is 5.97 Å². The summed E-state index contributed by atoms with van der Waals surface area (Å²) in [7, 11) is 1.40. The number of rotatable bonds is 7. The van der Waals surface area contributed by atoms with Crippen LogP contribution in [0.5, 0.6) is 5.75 Å². The van der Waals surface area contributed by atoms with Crippen LogP contribution < -0.4 is 10.1 Å². The Bertz CT molecular complexity index is 694. The van der Waals surface area contributed by atoms with E-state index in [0.717, 1.165) is 17.7 Å². The quantitative estimate of drug-likeness (QED) is 0.772. The van der Waals surface area contributed by atoms with Crippen LogP contribution in [0.2, 0.25) is 0 Å². The predicted octanol–water partition coefficient (Wildman–Crippen LogP) is 4.08. The second kappa shape index (κ2) is 8.67. The Balaban J connectivity index is 1.69. The molecule has 0 atom stereocenters. The maximum absolute atomic E-state index is 12.1. The number of nitrogens with one attached hydrogen (secondary N) is 1. The Morgan fingerprint density at radius 3 is 2.56 bits per heavy atom. The molecule has 0 amide bonds. The normalized spacial score (nSPS) is 14.4. The van der Waals surface area contributed by atoms with Gasteiger partial charge in [0.25, 0.3) is 0 Å². The third-order valence-corrected chi connectivity index (χ3v) is 4.64. The molecule has 0 radical (unpaired) electrons. The van der Waals surface area contributed by atoms with Gasteiger partial charge in [0.15, 0.2) is 0 Å². The molecule has 132 valence electrons. The third-order valence-electron chi connectivity index (χ3n) is 4.64. The fraction of sp³-hybridized carbons (Fsp3) is 0.381. The van der Waals surface area contributed by atoms with Gasteiger partial charge in [-0.05, 0) is 36.1 Å². The first-order valence-corrected chi connectivity index (χ1v) is 8.87. The van der Waals surface area contributed by atoms with Crippen molar-refractivity contribution < 1.29 is 14.3 Å². The second-order valence-corrected chi connectivity index (χ2v) is 6.46. The highest BCUT2D eigenvalue weighted by Crippen LogP contribution is 2.23. The van der Waals surface area contributed by atoms with Gasteiger partial charge in [-0.1, -0.05) is 49.2 Å². The number of benzene rings is 2. The van der Waals surface area contributed by atoms with Crippen molar-refractivity contribution in [2.75, 3.05) is 7.11 Å². The molecule has 2 aromatic carbocycles. The zero-order valence-electron chi connectivity index (χ0n) is 14.7. The molecule has 1 aliphatic rings. The number of methoxy groups -OCH3 is 1. The SMILES string of the molecule is COC(=O)c1cc(CNC2CCCC2)ccc1OCc1ccccc1. The van der Waals surface area contributed by atoms with Crippen molar-refractivity contribution in [1.29, 1.82) is 0 Å². The van der Waals surface area contributed by atoms with Crippen LogP contribution in [0, 0.1) is 0 Å². The first-order chi connectivity index (χ1) is 12.3. The van der Waals surface area contributed by atoms with E-state index in [9.17, 15) is 4.79 Å². The van der Waals surface area contributed by atoms with Gasteiger partial charge in [0, 0.05) is 12.6 Å². The molecule has 4 heteroatoms. The monoisotopic (exact) mass is 339 g/mol. The zero-order valence-corrected chi connectivity index (χ0v) is 14.7. The summed E-state index contributed by atoms with van der Waals surface area (Å²) in [5, 5.41) is 3.57. The van der Waals surface area contributed by atoms with Crippen LogP contribution in [-0.4, -0.2) is 19.1 Å². The molecule has 1 fully saturated rings. The topological polar surface area (TPSA) is 47.6 Å². The molecule has 0 aromatic heterocycles. The molecule has 1 N–H and O–H groups in total. The Hall–Kier alpha value is -2.33. The van der Waals surface area contributed by atoms with Gasteiger partial charge in [-0.3, -0.25) is 0 Å². The van der Waals surface area contributed by atoms with E-state index in [2.05, 4.69) is 5.32 Å². The Labute approximate surface area is 149 Å². The molecular formula is C21H25NO3. The van der Waals surface area contributed by atoms with Gasteiger partial charge < -0.3 is 14.8 Å². The van der Waals surface area contributed by atoms with Gasteiger partial charge in [0.2, 0.25) is 0 Å². The van der Waals surface area contributed by atoms with E-state index in [4.69, 9.17) is 9.47 Å². The lowest BCUT2D eigenvalue weighted by molar-refractivity contribution is 0.0595. The smallest absolute Gasteiger partial charge is 0.341 e. The molecule has 0 unspecified atom stereocenters. The molecule has 1 aliphatic carbocycles. The summed E-state index contributed by atoms with van der Waals surface area (Å²) in [4.78, 5) is 12.1. The molecule has 0 aliphatic heterocycles. The first-order valence-electron chi connectivity index (χ1n) is 8.87. The number of ether oxygens (including phenoxy) is 2. The number of hydrogen-bond donors (Lipinski definition) is 1. The average Bonchev–Trinajstić information content (AvgIpc) is 3.19. The summed E-state index contributed by atoms with van der Waals surface area (Å²) >= 11 is 0. The highest BCUT2D eigenvalue weighted by Gasteiger charge is 2.17. The van der Waals surface area contributed by atoms with E-state index in [1.807, 2.05) is 48.5 Å². The van der Waals surface area contributed by atoms with Crippen LogP contribution in [0.25, 0.3) is 0 Å². The minimum Gasteiger partial charge on any atom is -0.488 e. The van der Waals surface area contributed by atoms with Gasteiger partial charge in [-0.15, -0.1) is 0 Å².